The highest BCUT2D eigenvalue weighted by Crippen LogP contribution is 2.30. The predicted octanol–water partition coefficient (Wildman–Crippen LogP) is 3.61. The molecule has 0 aromatic heterocycles. The van der Waals surface area contributed by atoms with Crippen molar-refractivity contribution in [3.8, 4) is 11.5 Å². The fraction of sp³-hybridized carbons (Fsp3) is 0.143. The Morgan fingerprint density at radius 2 is 1.23 bits per heavy atom. The molecule has 2 N–H and O–H groups in total. The zero-order valence-electron chi connectivity index (χ0n) is 17.1. The second-order valence-corrected chi connectivity index (χ2v) is 9.95. The Bertz CT molecular complexity index is 1270. The van der Waals surface area contributed by atoms with Crippen LogP contribution in [-0.4, -0.2) is 31.1 Å². The maximum Gasteiger partial charge on any atom is 0.265 e. The third kappa shape index (κ3) is 5.28. The summed E-state index contributed by atoms with van der Waals surface area (Å²) in [6, 6.07) is 16.7. The molecule has 0 aliphatic carbocycles. The Balaban J connectivity index is 1.78. The van der Waals surface area contributed by atoms with Crippen molar-refractivity contribution in [2.24, 2.45) is 0 Å². The van der Waals surface area contributed by atoms with Gasteiger partial charge >= 0.3 is 0 Å². The van der Waals surface area contributed by atoms with Gasteiger partial charge in [0.15, 0.2) is 0 Å². The van der Waals surface area contributed by atoms with Crippen LogP contribution in [-0.2, 0) is 20.0 Å². The lowest BCUT2D eigenvalue weighted by molar-refractivity contribution is 0.386. The quantitative estimate of drug-likeness (QED) is 0.529. The first-order valence-corrected chi connectivity index (χ1v) is 12.1. The molecule has 0 amide bonds. The van der Waals surface area contributed by atoms with E-state index in [0.29, 0.717) is 11.4 Å². The number of ether oxygens (including phenoxy) is 2. The average molecular weight is 463 g/mol. The molecule has 0 unspecified atom stereocenters. The molecule has 0 spiro atoms. The summed E-state index contributed by atoms with van der Waals surface area (Å²) in [6.07, 6.45) is 0. The van der Waals surface area contributed by atoms with E-state index in [4.69, 9.17) is 9.47 Å². The van der Waals surface area contributed by atoms with Crippen LogP contribution in [0.25, 0.3) is 0 Å². The number of aryl methyl sites for hydroxylation is 1. The number of nitrogens with one attached hydrogen (secondary N) is 2. The van der Waals surface area contributed by atoms with Gasteiger partial charge in [0.05, 0.1) is 19.1 Å². The number of rotatable bonds is 8. The Hall–Kier alpha value is -3.24. The van der Waals surface area contributed by atoms with E-state index in [0.717, 1.165) is 5.56 Å². The maximum atomic E-state index is 12.8. The topological polar surface area (TPSA) is 111 Å². The Kier molecular flexibility index (Phi) is 6.42. The second-order valence-electron chi connectivity index (χ2n) is 6.62. The molecule has 0 aliphatic heterocycles. The molecule has 0 radical (unpaired) electrons. The summed E-state index contributed by atoms with van der Waals surface area (Å²) in [5.74, 6) is 0.593. The number of sulfonamides is 2. The van der Waals surface area contributed by atoms with Crippen molar-refractivity contribution in [1.29, 1.82) is 0 Å². The summed E-state index contributed by atoms with van der Waals surface area (Å²) >= 11 is 0. The van der Waals surface area contributed by atoms with Crippen molar-refractivity contribution in [2.75, 3.05) is 23.7 Å². The van der Waals surface area contributed by atoms with E-state index >= 15 is 0 Å². The standard InChI is InChI=1S/C21H22N2O6S2/c1-15-4-11-19(12-5-15)30(24,25)22-16-6-8-17(9-7-16)23-31(26,27)21-13-10-18(28-2)14-20(21)29-3/h4-14,22-23H,1-3H3. The maximum absolute atomic E-state index is 12.8. The van der Waals surface area contributed by atoms with Gasteiger partial charge in [-0.05, 0) is 55.5 Å². The highest BCUT2D eigenvalue weighted by molar-refractivity contribution is 7.93. The van der Waals surface area contributed by atoms with Gasteiger partial charge in [-0.2, -0.15) is 0 Å². The van der Waals surface area contributed by atoms with E-state index in [1.807, 2.05) is 6.92 Å². The van der Waals surface area contributed by atoms with Gasteiger partial charge in [-0.15, -0.1) is 0 Å². The van der Waals surface area contributed by atoms with Crippen molar-refractivity contribution in [3.05, 3.63) is 72.3 Å². The molecule has 0 saturated carbocycles. The largest absolute Gasteiger partial charge is 0.497 e. The summed E-state index contributed by atoms with van der Waals surface area (Å²) < 4.78 is 65.7. The zero-order chi connectivity index (χ0) is 22.6. The van der Waals surface area contributed by atoms with Crippen LogP contribution in [0.4, 0.5) is 11.4 Å². The molecule has 0 aliphatic rings. The minimum atomic E-state index is -3.95. The Morgan fingerprint density at radius 3 is 1.74 bits per heavy atom. The monoisotopic (exact) mass is 462 g/mol. The summed E-state index contributed by atoms with van der Waals surface area (Å²) in [5.41, 5.74) is 1.51. The first-order valence-electron chi connectivity index (χ1n) is 9.09. The molecule has 164 valence electrons. The SMILES string of the molecule is COc1ccc(S(=O)(=O)Nc2ccc(NS(=O)(=O)c3ccc(C)cc3)cc2)c(OC)c1. The van der Waals surface area contributed by atoms with Crippen LogP contribution in [0.15, 0.2) is 76.5 Å². The van der Waals surface area contributed by atoms with E-state index in [2.05, 4.69) is 9.44 Å². The van der Waals surface area contributed by atoms with Crippen molar-refractivity contribution in [2.45, 2.75) is 16.7 Å². The van der Waals surface area contributed by atoms with E-state index in [1.165, 1.54) is 68.8 Å². The predicted molar refractivity (Wildman–Crippen MR) is 119 cm³/mol. The molecule has 3 rings (SSSR count). The van der Waals surface area contributed by atoms with Crippen molar-refractivity contribution >= 4 is 31.4 Å². The molecule has 0 bridgehead atoms. The van der Waals surface area contributed by atoms with Crippen molar-refractivity contribution in [3.63, 3.8) is 0 Å². The van der Waals surface area contributed by atoms with Gasteiger partial charge in [0.1, 0.15) is 16.4 Å². The highest BCUT2D eigenvalue weighted by Gasteiger charge is 2.20. The van der Waals surface area contributed by atoms with Crippen LogP contribution in [0.5, 0.6) is 11.5 Å². The lowest BCUT2D eigenvalue weighted by atomic mass is 10.2. The molecule has 0 atom stereocenters. The minimum Gasteiger partial charge on any atom is -0.497 e. The number of hydrogen-bond acceptors (Lipinski definition) is 6. The van der Waals surface area contributed by atoms with Gasteiger partial charge in [-0.25, -0.2) is 16.8 Å². The van der Waals surface area contributed by atoms with E-state index in [1.54, 1.807) is 12.1 Å². The molecule has 10 heteroatoms. The number of methoxy groups -OCH3 is 2. The molecule has 8 nitrogen and oxygen atoms in total. The highest BCUT2D eigenvalue weighted by atomic mass is 32.2. The summed E-state index contributed by atoms with van der Waals surface area (Å²) in [5, 5.41) is 0. The van der Waals surface area contributed by atoms with Gasteiger partial charge in [-0.3, -0.25) is 9.44 Å². The normalized spacial score (nSPS) is 11.6. The molecule has 0 saturated heterocycles. The van der Waals surface area contributed by atoms with E-state index < -0.39 is 20.0 Å². The number of anilines is 2. The fourth-order valence-electron chi connectivity index (χ4n) is 2.74. The van der Waals surface area contributed by atoms with Crippen LogP contribution in [0, 0.1) is 6.92 Å². The molecule has 3 aromatic carbocycles. The summed E-state index contributed by atoms with van der Waals surface area (Å²) in [7, 11) is -4.87. The van der Waals surface area contributed by atoms with Gasteiger partial charge < -0.3 is 9.47 Å². The third-order valence-electron chi connectivity index (χ3n) is 4.38. The molecular formula is C21H22N2O6S2. The molecule has 0 heterocycles. The second kappa shape index (κ2) is 8.86. The smallest absolute Gasteiger partial charge is 0.265 e. The number of hydrogen-bond donors (Lipinski definition) is 2. The van der Waals surface area contributed by atoms with Crippen molar-refractivity contribution < 1.29 is 26.3 Å². The summed E-state index contributed by atoms with van der Waals surface area (Å²) in [6.45, 7) is 1.87. The molecule has 0 fully saturated rings. The Labute approximate surface area is 181 Å². The third-order valence-corrected chi connectivity index (χ3v) is 7.20. The van der Waals surface area contributed by atoms with Crippen LogP contribution in [0.1, 0.15) is 5.56 Å². The molecule has 3 aromatic rings. The van der Waals surface area contributed by atoms with E-state index in [9.17, 15) is 16.8 Å². The van der Waals surface area contributed by atoms with Gasteiger partial charge in [-0.1, -0.05) is 17.7 Å². The first-order chi connectivity index (χ1) is 14.6. The molecular weight excluding hydrogens is 440 g/mol. The van der Waals surface area contributed by atoms with Gasteiger partial charge in [0, 0.05) is 17.4 Å². The van der Waals surface area contributed by atoms with Crippen LogP contribution >= 0.6 is 0 Å². The fourth-order valence-corrected chi connectivity index (χ4v) is 5.01. The van der Waals surface area contributed by atoms with Crippen LogP contribution in [0.2, 0.25) is 0 Å². The lowest BCUT2D eigenvalue weighted by Crippen LogP contribution is -2.15. The van der Waals surface area contributed by atoms with Gasteiger partial charge in [0.25, 0.3) is 20.0 Å². The van der Waals surface area contributed by atoms with Crippen LogP contribution in [0.3, 0.4) is 0 Å². The van der Waals surface area contributed by atoms with E-state index in [-0.39, 0.29) is 21.2 Å². The minimum absolute atomic E-state index is 0.0556. The molecule has 31 heavy (non-hydrogen) atoms. The average Bonchev–Trinajstić information content (AvgIpc) is 2.74. The Morgan fingerprint density at radius 1 is 0.677 bits per heavy atom. The van der Waals surface area contributed by atoms with Gasteiger partial charge in [0.2, 0.25) is 0 Å². The van der Waals surface area contributed by atoms with Crippen LogP contribution < -0.4 is 18.9 Å². The lowest BCUT2D eigenvalue weighted by Gasteiger charge is -2.13. The zero-order valence-corrected chi connectivity index (χ0v) is 18.7. The summed E-state index contributed by atoms with van der Waals surface area (Å²) in [4.78, 5) is 0.0782. The number of benzene rings is 3. The first kappa shape index (κ1) is 22.4. The van der Waals surface area contributed by atoms with Crippen molar-refractivity contribution in [1.82, 2.24) is 0 Å².